The van der Waals surface area contributed by atoms with Gasteiger partial charge in [-0.05, 0) is 44.4 Å². The number of rotatable bonds is 9. The Morgan fingerprint density at radius 3 is 2.64 bits per heavy atom. The largest absolute Gasteiger partial charge is 0.494 e. The van der Waals surface area contributed by atoms with Gasteiger partial charge in [0.15, 0.2) is 0 Å². The number of hydrogen-bond acceptors (Lipinski definition) is 6. The van der Waals surface area contributed by atoms with E-state index >= 15 is 0 Å². The summed E-state index contributed by atoms with van der Waals surface area (Å²) in [6.07, 6.45) is 0.0384. The predicted molar refractivity (Wildman–Crippen MR) is 110 cm³/mol. The van der Waals surface area contributed by atoms with Crippen molar-refractivity contribution in [1.82, 2.24) is 4.90 Å². The first kappa shape index (κ1) is 20.1. The lowest BCUT2D eigenvalue weighted by molar-refractivity contribution is -0.137. The van der Waals surface area contributed by atoms with Crippen LogP contribution in [0.3, 0.4) is 0 Å². The molecule has 0 radical (unpaired) electrons. The molecule has 1 aliphatic heterocycles. The number of thiophene rings is 1. The Labute approximate surface area is 168 Å². The van der Waals surface area contributed by atoms with E-state index in [1.165, 1.54) is 16.2 Å². The molecule has 1 aromatic carbocycles. The molecule has 0 unspecified atom stereocenters. The van der Waals surface area contributed by atoms with E-state index in [0.717, 1.165) is 4.88 Å². The van der Waals surface area contributed by atoms with Gasteiger partial charge in [-0.2, -0.15) is 0 Å². The number of ether oxygens (including phenoxy) is 2. The molecule has 2 aromatic rings. The normalized spacial score (nSPS) is 14.4. The Bertz CT molecular complexity index is 874. The number of anilines is 1. The second-order valence-electron chi connectivity index (χ2n) is 6.49. The van der Waals surface area contributed by atoms with Crippen LogP contribution in [0.2, 0.25) is 0 Å². The summed E-state index contributed by atoms with van der Waals surface area (Å²) in [6, 6.07) is 11.0. The molecule has 148 valence electrons. The number of nitrogens with one attached hydrogen (secondary N) is 1. The molecular formula is C21H24N2O4S. The summed E-state index contributed by atoms with van der Waals surface area (Å²) < 4.78 is 11.0. The first-order valence-corrected chi connectivity index (χ1v) is 10.1. The standard InChI is InChI=1S/C21H24N2O4S/c1-4-26-16-8-5-7-15(13-16)22-19-18(17-9-6-12-28-17)20(24)23(21(19)25)10-11-27-14(2)3/h5-9,12-14,22H,4,10-11H2,1-3H3. The van der Waals surface area contributed by atoms with Crippen molar-refractivity contribution < 1.29 is 19.1 Å². The molecule has 6 nitrogen and oxygen atoms in total. The number of hydrogen-bond donors (Lipinski definition) is 1. The highest BCUT2D eigenvalue weighted by Gasteiger charge is 2.39. The minimum atomic E-state index is -0.345. The fourth-order valence-electron chi connectivity index (χ4n) is 2.90. The monoisotopic (exact) mass is 400 g/mol. The summed E-state index contributed by atoms with van der Waals surface area (Å²) in [6.45, 7) is 6.82. The van der Waals surface area contributed by atoms with Crippen LogP contribution in [0, 0.1) is 0 Å². The summed E-state index contributed by atoms with van der Waals surface area (Å²) in [4.78, 5) is 28.0. The van der Waals surface area contributed by atoms with Crippen molar-refractivity contribution in [3.05, 3.63) is 52.4 Å². The van der Waals surface area contributed by atoms with Gasteiger partial charge in [0.2, 0.25) is 0 Å². The van der Waals surface area contributed by atoms with Crippen LogP contribution in [0.4, 0.5) is 5.69 Å². The van der Waals surface area contributed by atoms with Gasteiger partial charge in [-0.25, -0.2) is 0 Å². The molecule has 1 aromatic heterocycles. The van der Waals surface area contributed by atoms with E-state index < -0.39 is 0 Å². The molecule has 1 aliphatic rings. The van der Waals surface area contributed by atoms with Gasteiger partial charge in [0.1, 0.15) is 11.4 Å². The summed E-state index contributed by atoms with van der Waals surface area (Å²) in [7, 11) is 0. The van der Waals surface area contributed by atoms with Crippen LogP contribution in [0.25, 0.3) is 5.57 Å². The second-order valence-corrected chi connectivity index (χ2v) is 7.44. The zero-order valence-electron chi connectivity index (χ0n) is 16.2. The Hall–Kier alpha value is -2.64. The van der Waals surface area contributed by atoms with Crippen molar-refractivity contribution in [1.29, 1.82) is 0 Å². The summed E-state index contributed by atoms with van der Waals surface area (Å²) in [5, 5.41) is 5.03. The topological polar surface area (TPSA) is 67.9 Å². The molecule has 0 spiro atoms. The van der Waals surface area contributed by atoms with Crippen LogP contribution in [-0.4, -0.2) is 42.6 Å². The molecule has 0 aliphatic carbocycles. The van der Waals surface area contributed by atoms with Gasteiger partial charge >= 0.3 is 0 Å². The van der Waals surface area contributed by atoms with E-state index in [0.29, 0.717) is 30.2 Å². The highest BCUT2D eigenvalue weighted by molar-refractivity contribution is 7.11. The Kier molecular flexibility index (Phi) is 6.49. The van der Waals surface area contributed by atoms with Crippen molar-refractivity contribution in [2.24, 2.45) is 0 Å². The number of nitrogens with zero attached hydrogens (tertiary/aromatic N) is 1. The van der Waals surface area contributed by atoms with Crippen molar-refractivity contribution >= 4 is 34.4 Å². The number of carbonyl (C=O) groups excluding carboxylic acids is 2. The smallest absolute Gasteiger partial charge is 0.278 e. The van der Waals surface area contributed by atoms with Crippen molar-refractivity contribution in [2.75, 3.05) is 25.1 Å². The molecule has 28 heavy (non-hydrogen) atoms. The Morgan fingerprint density at radius 1 is 1.14 bits per heavy atom. The second kappa shape index (κ2) is 9.03. The van der Waals surface area contributed by atoms with E-state index in [-0.39, 0.29) is 30.2 Å². The zero-order valence-corrected chi connectivity index (χ0v) is 17.0. The highest BCUT2D eigenvalue weighted by Crippen LogP contribution is 2.33. The molecule has 1 N–H and O–H groups in total. The minimum Gasteiger partial charge on any atom is -0.494 e. The molecule has 0 saturated heterocycles. The third kappa shape index (κ3) is 4.43. The van der Waals surface area contributed by atoms with E-state index in [2.05, 4.69) is 5.32 Å². The summed E-state index contributed by atoms with van der Waals surface area (Å²) >= 11 is 1.43. The maximum absolute atomic E-state index is 13.0. The lowest BCUT2D eigenvalue weighted by Crippen LogP contribution is -2.35. The van der Waals surface area contributed by atoms with Gasteiger partial charge in [-0.15, -0.1) is 11.3 Å². The van der Waals surface area contributed by atoms with Gasteiger partial charge in [-0.1, -0.05) is 12.1 Å². The molecule has 3 rings (SSSR count). The predicted octanol–water partition coefficient (Wildman–Crippen LogP) is 3.76. The molecule has 0 fully saturated rings. The molecule has 2 heterocycles. The third-order valence-electron chi connectivity index (χ3n) is 4.12. The van der Waals surface area contributed by atoms with Crippen LogP contribution in [0.1, 0.15) is 25.6 Å². The first-order valence-electron chi connectivity index (χ1n) is 9.27. The van der Waals surface area contributed by atoms with Crippen LogP contribution in [-0.2, 0) is 14.3 Å². The fourth-order valence-corrected chi connectivity index (χ4v) is 3.67. The van der Waals surface area contributed by atoms with Gasteiger partial charge in [0.05, 0.1) is 31.4 Å². The minimum absolute atomic E-state index is 0.0384. The number of amides is 2. The SMILES string of the molecule is CCOc1cccc(NC2=C(c3cccs3)C(=O)N(CCOC(C)C)C2=O)c1. The van der Waals surface area contributed by atoms with Crippen LogP contribution < -0.4 is 10.1 Å². The Balaban J connectivity index is 1.89. The van der Waals surface area contributed by atoms with Gasteiger partial charge in [-0.3, -0.25) is 14.5 Å². The van der Waals surface area contributed by atoms with E-state index in [1.807, 2.05) is 62.5 Å². The average Bonchev–Trinajstić information content (AvgIpc) is 3.25. The molecule has 2 amide bonds. The fraction of sp³-hybridized carbons (Fsp3) is 0.333. The summed E-state index contributed by atoms with van der Waals surface area (Å²) in [5.74, 6) is 0.0515. The molecule has 0 saturated carbocycles. The zero-order chi connectivity index (χ0) is 20.1. The first-order chi connectivity index (χ1) is 13.5. The quantitative estimate of drug-likeness (QED) is 0.649. The summed E-state index contributed by atoms with van der Waals surface area (Å²) in [5.41, 5.74) is 1.37. The van der Waals surface area contributed by atoms with Gasteiger partial charge in [0, 0.05) is 16.6 Å². The van der Waals surface area contributed by atoms with Crippen LogP contribution >= 0.6 is 11.3 Å². The van der Waals surface area contributed by atoms with Crippen molar-refractivity contribution in [2.45, 2.75) is 26.9 Å². The van der Waals surface area contributed by atoms with Crippen LogP contribution in [0.5, 0.6) is 5.75 Å². The average molecular weight is 401 g/mol. The third-order valence-corrected chi connectivity index (χ3v) is 5.00. The van der Waals surface area contributed by atoms with Gasteiger partial charge < -0.3 is 14.8 Å². The van der Waals surface area contributed by atoms with Crippen molar-refractivity contribution in [3.8, 4) is 5.75 Å². The number of imide groups is 1. The van der Waals surface area contributed by atoms with Gasteiger partial charge in [0.25, 0.3) is 11.8 Å². The van der Waals surface area contributed by atoms with E-state index in [1.54, 1.807) is 0 Å². The molecular weight excluding hydrogens is 376 g/mol. The number of benzene rings is 1. The van der Waals surface area contributed by atoms with E-state index in [4.69, 9.17) is 9.47 Å². The van der Waals surface area contributed by atoms with Crippen LogP contribution in [0.15, 0.2) is 47.5 Å². The molecule has 0 bridgehead atoms. The van der Waals surface area contributed by atoms with Crippen molar-refractivity contribution in [3.63, 3.8) is 0 Å². The maximum Gasteiger partial charge on any atom is 0.278 e. The van der Waals surface area contributed by atoms with E-state index in [9.17, 15) is 9.59 Å². The molecule has 7 heteroatoms. The molecule has 0 atom stereocenters. The number of carbonyl (C=O) groups is 2. The Morgan fingerprint density at radius 2 is 1.96 bits per heavy atom. The maximum atomic E-state index is 13.0. The lowest BCUT2D eigenvalue weighted by atomic mass is 10.2. The lowest BCUT2D eigenvalue weighted by Gasteiger charge is -2.16. The highest BCUT2D eigenvalue weighted by atomic mass is 32.1.